The average molecular weight is 124 g/mol. The number of primary amides is 1. The molecule has 3 nitrogen and oxygen atoms in total. The first kappa shape index (κ1) is 5.88. The maximum atomic E-state index is 10.4. The predicted octanol–water partition coefficient (Wildman–Crippen LogP) is 0.798. The summed E-state index contributed by atoms with van der Waals surface area (Å²) in [7, 11) is 0. The van der Waals surface area contributed by atoms with E-state index in [0.717, 1.165) is 6.42 Å². The van der Waals surface area contributed by atoms with Crippen LogP contribution in [-0.4, -0.2) is 10.9 Å². The smallest absolute Gasteiger partial charge is 0.322 e. The van der Waals surface area contributed by atoms with Crippen molar-refractivity contribution in [3.63, 3.8) is 0 Å². The standard InChI is InChI=1S/C6H8N2O/c7-6(9)8-4-2-1-3-5-8/h2-5H,1H2,(H2,7,9). The number of hydrogen-bond donors (Lipinski definition) is 1. The summed E-state index contributed by atoms with van der Waals surface area (Å²) in [5.41, 5.74) is 4.95. The molecule has 1 aliphatic heterocycles. The summed E-state index contributed by atoms with van der Waals surface area (Å²) in [4.78, 5) is 11.7. The van der Waals surface area contributed by atoms with Crippen LogP contribution in [0.25, 0.3) is 0 Å². The third-order valence-corrected chi connectivity index (χ3v) is 1.06. The van der Waals surface area contributed by atoms with Crippen LogP contribution in [0.2, 0.25) is 0 Å². The molecule has 2 amide bonds. The van der Waals surface area contributed by atoms with Crippen molar-refractivity contribution in [2.24, 2.45) is 5.73 Å². The molecule has 0 unspecified atom stereocenters. The van der Waals surface area contributed by atoms with Crippen LogP contribution in [0.15, 0.2) is 24.6 Å². The molecule has 1 heterocycles. The molecule has 2 N–H and O–H groups in total. The van der Waals surface area contributed by atoms with E-state index in [1.807, 2.05) is 12.2 Å². The minimum Gasteiger partial charge on any atom is -0.351 e. The molecule has 0 aromatic carbocycles. The fourth-order valence-corrected chi connectivity index (χ4v) is 0.624. The molecule has 0 aliphatic carbocycles. The number of nitrogens with two attached hydrogens (primary N) is 1. The van der Waals surface area contributed by atoms with Gasteiger partial charge in [0, 0.05) is 12.4 Å². The summed E-state index contributed by atoms with van der Waals surface area (Å²) in [6, 6.07) is -0.442. The van der Waals surface area contributed by atoms with Gasteiger partial charge in [0.25, 0.3) is 0 Å². The average Bonchev–Trinajstić information content (AvgIpc) is 1.90. The Hall–Kier alpha value is -1.25. The number of hydrogen-bond acceptors (Lipinski definition) is 1. The molecule has 1 aliphatic rings. The quantitative estimate of drug-likeness (QED) is 0.510. The Balaban J connectivity index is 2.60. The summed E-state index contributed by atoms with van der Waals surface area (Å²) in [5, 5.41) is 0. The van der Waals surface area contributed by atoms with Crippen molar-refractivity contribution in [2.75, 3.05) is 0 Å². The van der Waals surface area contributed by atoms with Crippen LogP contribution in [0.3, 0.4) is 0 Å². The molecule has 0 saturated heterocycles. The maximum absolute atomic E-state index is 10.4. The summed E-state index contributed by atoms with van der Waals surface area (Å²) in [5.74, 6) is 0. The zero-order valence-corrected chi connectivity index (χ0v) is 4.95. The number of nitrogens with zero attached hydrogens (tertiary/aromatic N) is 1. The lowest BCUT2D eigenvalue weighted by molar-refractivity contribution is 0.235. The molecule has 1 rings (SSSR count). The summed E-state index contributed by atoms with van der Waals surface area (Å²) in [6.07, 6.45) is 7.92. The fourth-order valence-electron chi connectivity index (χ4n) is 0.624. The van der Waals surface area contributed by atoms with E-state index in [9.17, 15) is 4.79 Å². The van der Waals surface area contributed by atoms with Gasteiger partial charge in [-0.15, -0.1) is 0 Å². The highest BCUT2D eigenvalue weighted by molar-refractivity contribution is 5.74. The van der Waals surface area contributed by atoms with E-state index >= 15 is 0 Å². The molecule has 0 atom stereocenters. The number of rotatable bonds is 0. The van der Waals surface area contributed by atoms with Gasteiger partial charge in [-0.2, -0.15) is 0 Å². The zero-order chi connectivity index (χ0) is 6.69. The number of urea groups is 1. The van der Waals surface area contributed by atoms with Gasteiger partial charge in [0.1, 0.15) is 0 Å². The van der Waals surface area contributed by atoms with Gasteiger partial charge < -0.3 is 5.73 Å². The van der Waals surface area contributed by atoms with Crippen LogP contribution in [0.5, 0.6) is 0 Å². The molecule has 0 fully saturated rings. The molecule has 0 radical (unpaired) electrons. The number of allylic oxidation sites excluding steroid dienone is 2. The van der Waals surface area contributed by atoms with Crippen molar-refractivity contribution in [1.82, 2.24) is 4.90 Å². The van der Waals surface area contributed by atoms with E-state index in [1.165, 1.54) is 4.90 Å². The largest absolute Gasteiger partial charge is 0.351 e. The van der Waals surface area contributed by atoms with E-state index in [1.54, 1.807) is 12.4 Å². The van der Waals surface area contributed by atoms with Crippen LogP contribution in [0, 0.1) is 0 Å². The Bertz CT molecular complexity index is 160. The van der Waals surface area contributed by atoms with Crippen molar-refractivity contribution < 1.29 is 4.79 Å². The third-order valence-electron chi connectivity index (χ3n) is 1.06. The van der Waals surface area contributed by atoms with Gasteiger partial charge in [0.15, 0.2) is 0 Å². The molecule has 9 heavy (non-hydrogen) atoms. The van der Waals surface area contributed by atoms with Crippen molar-refractivity contribution in [1.29, 1.82) is 0 Å². The highest BCUT2D eigenvalue weighted by atomic mass is 16.2. The van der Waals surface area contributed by atoms with Crippen molar-refractivity contribution in [3.8, 4) is 0 Å². The first-order valence-electron chi connectivity index (χ1n) is 2.72. The number of amides is 2. The molecular weight excluding hydrogens is 116 g/mol. The Morgan fingerprint density at radius 1 is 1.44 bits per heavy atom. The predicted molar refractivity (Wildman–Crippen MR) is 34.3 cm³/mol. The van der Waals surface area contributed by atoms with Crippen molar-refractivity contribution >= 4 is 6.03 Å². The van der Waals surface area contributed by atoms with Crippen LogP contribution >= 0.6 is 0 Å². The van der Waals surface area contributed by atoms with Crippen molar-refractivity contribution in [2.45, 2.75) is 6.42 Å². The topological polar surface area (TPSA) is 46.3 Å². The molecule has 48 valence electrons. The minimum absolute atomic E-state index is 0.442. The lowest BCUT2D eigenvalue weighted by Crippen LogP contribution is -2.26. The summed E-state index contributed by atoms with van der Waals surface area (Å²) in [6.45, 7) is 0. The van der Waals surface area contributed by atoms with Gasteiger partial charge in [0.2, 0.25) is 0 Å². The Kier molecular flexibility index (Phi) is 1.53. The van der Waals surface area contributed by atoms with E-state index in [-0.39, 0.29) is 0 Å². The van der Waals surface area contributed by atoms with E-state index in [0.29, 0.717) is 0 Å². The molecule has 0 aromatic heterocycles. The van der Waals surface area contributed by atoms with E-state index < -0.39 is 6.03 Å². The highest BCUT2D eigenvalue weighted by Gasteiger charge is 2.01. The summed E-state index contributed by atoms with van der Waals surface area (Å²) >= 11 is 0. The number of carbonyl (C=O) groups excluding carboxylic acids is 1. The van der Waals surface area contributed by atoms with Gasteiger partial charge in [0.05, 0.1) is 0 Å². The monoisotopic (exact) mass is 124 g/mol. The molecule has 0 spiro atoms. The first-order chi connectivity index (χ1) is 4.30. The first-order valence-corrected chi connectivity index (χ1v) is 2.72. The maximum Gasteiger partial charge on any atom is 0.322 e. The van der Waals surface area contributed by atoms with Crippen molar-refractivity contribution in [3.05, 3.63) is 24.6 Å². The van der Waals surface area contributed by atoms with Gasteiger partial charge >= 0.3 is 6.03 Å². The fraction of sp³-hybridized carbons (Fsp3) is 0.167. The van der Waals surface area contributed by atoms with Gasteiger partial charge in [-0.05, 0) is 6.42 Å². The molecule has 3 heteroatoms. The van der Waals surface area contributed by atoms with Crippen LogP contribution in [-0.2, 0) is 0 Å². The second-order valence-electron chi connectivity index (χ2n) is 1.75. The van der Waals surface area contributed by atoms with Gasteiger partial charge in [-0.25, -0.2) is 4.79 Å². The van der Waals surface area contributed by atoms with Crippen LogP contribution in [0.4, 0.5) is 4.79 Å². The Morgan fingerprint density at radius 3 is 2.33 bits per heavy atom. The Morgan fingerprint density at radius 2 is 2.00 bits per heavy atom. The molecule has 0 aromatic rings. The highest BCUT2D eigenvalue weighted by Crippen LogP contribution is 2.00. The second-order valence-corrected chi connectivity index (χ2v) is 1.75. The normalized spacial score (nSPS) is 16.2. The lowest BCUT2D eigenvalue weighted by atomic mass is 10.3. The molecule has 0 saturated carbocycles. The zero-order valence-electron chi connectivity index (χ0n) is 4.95. The van der Waals surface area contributed by atoms with Gasteiger partial charge in [-0.3, -0.25) is 4.90 Å². The van der Waals surface area contributed by atoms with Gasteiger partial charge in [-0.1, -0.05) is 12.2 Å². The number of carbonyl (C=O) groups is 1. The van der Waals surface area contributed by atoms with Crippen LogP contribution in [0.1, 0.15) is 6.42 Å². The molecule has 0 bridgehead atoms. The van der Waals surface area contributed by atoms with E-state index in [4.69, 9.17) is 5.73 Å². The minimum atomic E-state index is -0.442. The lowest BCUT2D eigenvalue weighted by Gasteiger charge is -2.11. The Labute approximate surface area is 53.4 Å². The summed E-state index contributed by atoms with van der Waals surface area (Å²) < 4.78 is 0. The van der Waals surface area contributed by atoms with Crippen LogP contribution < -0.4 is 5.73 Å². The SMILES string of the molecule is NC(=O)N1C=CCC=C1. The van der Waals surface area contributed by atoms with E-state index in [2.05, 4.69) is 0 Å². The third kappa shape index (κ3) is 1.32. The second kappa shape index (κ2) is 2.35. The molecular formula is C6H8N2O.